The summed E-state index contributed by atoms with van der Waals surface area (Å²) in [4.78, 5) is 0. The molecular formula is C15H18N2O. The third-order valence-electron chi connectivity index (χ3n) is 2.90. The third-order valence-corrected chi connectivity index (χ3v) is 2.90. The predicted octanol–water partition coefficient (Wildman–Crippen LogP) is 3.58. The average Bonchev–Trinajstić information content (AvgIpc) is 2.41. The van der Waals surface area contributed by atoms with Crippen LogP contribution in [0.25, 0.3) is 0 Å². The van der Waals surface area contributed by atoms with Gasteiger partial charge in [0, 0.05) is 5.69 Å². The summed E-state index contributed by atoms with van der Waals surface area (Å²) in [5.74, 6) is 0.687. The van der Waals surface area contributed by atoms with E-state index in [9.17, 15) is 0 Å². The molecule has 0 saturated carbocycles. The van der Waals surface area contributed by atoms with Crippen LogP contribution in [0.15, 0.2) is 42.5 Å². The van der Waals surface area contributed by atoms with Crippen LogP contribution in [0.1, 0.15) is 12.5 Å². The van der Waals surface area contributed by atoms with Gasteiger partial charge in [0.25, 0.3) is 0 Å². The molecule has 2 aromatic rings. The number of para-hydroxylation sites is 1. The topological polar surface area (TPSA) is 47.3 Å². The maximum atomic E-state index is 6.02. The largest absolute Gasteiger partial charge is 0.495 e. The van der Waals surface area contributed by atoms with Gasteiger partial charge in [-0.25, -0.2) is 0 Å². The maximum Gasteiger partial charge on any atom is 0.143 e. The Morgan fingerprint density at radius 2 is 1.94 bits per heavy atom. The van der Waals surface area contributed by atoms with E-state index < -0.39 is 0 Å². The molecule has 3 heteroatoms. The van der Waals surface area contributed by atoms with Gasteiger partial charge >= 0.3 is 0 Å². The average molecular weight is 242 g/mol. The fraction of sp³-hybridized carbons (Fsp3) is 0.200. The Labute approximate surface area is 108 Å². The van der Waals surface area contributed by atoms with Crippen LogP contribution >= 0.6 is 0 Å². The molecule has 2 aromatic carbocycles. The molecule has 0 bridgehead atoms. The van der Waals surface area contributed by atoms with Gasteiger partial charge in [0.15, 0.2) is 0 Å². The van der Waals surface area contributed by atoms with Crippen molar-refractivity contribution < 1.29 is 4.74 Å². The van der Waals surface area contributed by atoms with E-state index in [-0.39, 0.29) is 0 Å². The molecule has 0 saturated heterocycles. The second-order valence-corrected chi connectivity index (χ2v) is 4.10. The van der Waals surface area contributed by atoms with Gasteiger partial charge in [0.05, 0.1) is 18.5 Å². The standard InChI is InChI=1S/C15H18N2O/c1-3-11-6-4-7-12(10-11)17-13-8-5-9-14(18-2)15(13)16/h4-10,17H,3,16H2,1-2H3. The highest BCUT2D eigenvalue weighted by Crippen LogP contribution is 2.31. The molecule has 0 radical (unpaired) electrons. The van der Waals surface area contributed by atoms with E-state index in [1.54, 1.807) is 7.11 Å². The molecule has 3 N–H and O–H groups in total. The number of nitrogen functional groups attached to an aromatic ring is 1. The number of methoxy groups -OCH3 is 1. The molecule has 0 atom stereocenters. The van der Waals surface area contributed by atoms with E-state index in [2.05, 4.69) is 24.4 Å². The molecule has 0 amide bonds. The summed E-state index contributed by atoms with van der Waals surface area (Å²) < 4.78 is 5.20. The first-order chi connectivity index (χ1) is 8.74. The highest BCUT2D eigenvalue weighted by molar-refractivity contribution is 5.77. The SMILES string of the molecule is CCc1cccc(Nc2cccc(OC)c2N)c1. The highest BCUT2D eigenvalue weighted by Gasteiger charge is 2.05. The number of anilines is 3. The summed E-state index contributed by atoms with van der Waals surface area (Å²) in [6.45, 7) is 2.14. The molecule has 0 aliphatic heterocycles. The zero-order valence-electron chi connectivity index (χ0n) is 10.7. The van der Waals surface area contributed by atoms with E-state index in [0.717, 1.165) is 17.8 Å². The van der Waals surface area contributed by atoms with Crippen molar-refractivity contribution in [3.63, 3.8) is 0 Å². The van der Waals surface area contributed by atoms with E-state index in [1.165, 1.54) is 5.56 Å². The van der Waals surface area contributed by atoms with Gasteiger partial charge in [-0.15, -0.1) is 0 Å². The van der Waals surface area contributed by atoms with Crippen molar-refractivity contribution in [2.45, 2.75) is 13.3 Å². The number of rotatable bonds is 4. The van der Waals surface area contributed by atoms with Crippen molar-refractivity contribution in [2.24, 2.45) is 0 Å². The van der Waals surface area contributed by atoms with Crippen LogP contribution in [0.5, 0.6) is 5.75 Å². The second kappa shape index (κ2) is 5.45. The fourth-order valence-electron chi connectivity index (χ4n) is 1.86. The van der Waals surface area contributed by atoms with Gasteiger partial charge in [-0.1, -0.05) is 25.1 Å². The monoisotopic (exact) mass is 242 g/mol. The molecule has 0 aliphatic carbocycles. The maximum absolute atomic E-state index is 6.02. The zero-order chi connectivity index (χ0) is 13.0. The van der Waals surface area contributed by atoms with Crippen molar-refractivity contribution in [3.05, 3.63) is 48.0 Å². The molecule has 18 heavy (non-hydrogen) atoms. The van der Waals surface area contributed by atoms with Crippen LogP contribution in [0, 0.1) is 0 Å². The quantitative estimate of drug-likeness (QED) is 0.805. The lowest BCUT2D eigenvalue weighted by molar-refractivity contribution is 0.417. The molecule has 0 unspecified atom stereocenters. The molecule has 0 aromatic heterocycles. The van der Waals surface area contributed by atoms with Crippen molar-refractivity contribution in [1.82, 2.24) is 0 Å². The first-order valence-corrected chi connectivity index (χ1v) is 6.03. The number of nitrogens with one attached hydrogen (secondary N) is 1. The predicted molar refractivity (Wildman–Crippen MR) is 76.5 cm³/mol. The summed E-state index contributed by atoms with van der Waals surface area (Å²) >= 11 is 0. The lowest BCUT2D eigenvalue weighted by Gasteiger charge is -2.12. The van der Waals surface area contributed by atoms with Gasteiger partial charge in [-0.05, 0) is 36.2 Å². The number of aryl methyl sites for hydroxylation is 1. The highest BCUT2D eigenvalue weighted by atomic mass is 16.5. The normalized spacial score (nSPS) is 10.1. The molecule has 0 aliphatic rings. The minimum Gasteiger partial charge on any atom is -0.495 e. The Kier molecular flexibility index (Phi) is 3.72. The molecule has 94 valence electrons. The number of ether oxygens (including phenoxy) is 1. The smallest absolute Gasteiger partial charge is 0.143 e. The van der Waals surface area contributed by atoms with Crippen LogP contribution in [0.4, 0.5) is 17.1 Å². The summed E-state index contributed by atoms with van der Waals surface area (Å²) in [5, 5.41) is 3.32. The van der Waals surface area contributed by atoms with Crippen LogP contribution in [0.3, 0.4) is 0 Å². The fourth-order valence-corrected chi connectivity index (χ4v) is 1.86. The van der Waals surface area contributed by atoms with Crippen LogP contribution in [-0.4, -0.2) is 7.11 Å². The van der Waals surface area contributed by atoms with Crippen LogP contribution < -0.4 is 15.8 Å². The van der Waals surface area contributed by atoms with Gasteiger partial charge in [0.1, 0.15) is 5.75 Å². The lowest BCUT2D eigenvalue weighted by atomic mass is 10.1. The minimum atomic E-state index is 0.627. The molecule has 0 fully saturated rings. The van der Waals surface area contributed by atoms with E-state index in [1.807, 2.05) is 30.3 Å². The number of benzene rings is 2. The van der Waals surface area contributed by atoms with Gasteiger partial charge in [-0.3, -0.25) is 0 Å². The Morgan fingerprint density at radius 1 is 1.17 bits per heavy atom. The van der Waals surface area contributed by atoms with Crippen LogP contribution in [-0.2, 0) is 6.42 Å². The Balaban J connectivity index is 2.28. The number of hydrogen-bond acceptors (Lipinski definition) is 3. The number of nitrogens with two attached hydrogens (primary N) is 1. The van der Waals surface area contributed by atoms with Crippen molar-refractivity contribution in [2.75, 3.05) is 18.2 Å². The Morgan fingerprint density at radius 3 is 2.67 bits per heavy atom. The summed E-state index contributed by atoms with van der Waals surface area (Å²) in [6, 6.07) is 14.0. The van der Waals surface area contributed by atoms with Crippen molar-refractivity contribution in [1.29, 1.82) is 0 Å². The van der Waals surface area contributed by atoms with E-state index >= 15 is 0 Å². The molecule has 0 heterocycles. The van der Waals surface area contributed by atoms with Crippen molar-refractivity contribution >= 4 is 17.1 Å². The van der Waals surface area contributed by atoms with Gasteiger partial charge < -0.3 is 15.8 Å². The third kappa shape index (κ3) is 2.56. The molecule has 2 rings (SSSR count). The number of hydrogen-bond donors (Lipinski definition) is 2. The minimum absolute atomic E-state index is 0.627. The Hall–Kier alpha value is -2.16. The molecule has 3 nitrogen and oxygen atoms in total. The molecular weight excluding hydrogens is 224 g/mol. The van der Waals surface area contributed by atoms with E-state index in [4.69, 9.17) is 10.5 Å². The van der Waals surface area contributed by atoms with E-state index in [0.29, 0.717) is 11.4 Å². The summed E-state index contributed by atoms with van der Waals surface area (Å²) in [7, 11) is 1.62. The summed E-state index contributed by atoms with van der Waals surface area (Å²) in [6.07, 6.45) is 1.02. The first kappa shape index (κ1) is 12.3. The van der Waals surface area contributed by atoms with Gasteiger partial charge in [-0.2, -0.15) is 0 Å². The van der Waals surface area contributed by atoms with Gasteiger partial charge in [0.2, 0.25) is 0 Å². The van der Waals surface area contributed by atoms with Crippen molar-refractivity contribution in [3.8, 4) is 5.75 Å². The first-order valence-electron chi connectivity index (χ1n) is 6.03. The Bertz CT molecular complexity index is 538. The lowest BCUT2D eigenvalue weighted by Crippen LogP contribution is -1.99. The zero-order valence-corrected chi connectivity index (χ0v) is 10.7. The van der Waals surface area contributed by atoms with Crippen LogP contribution in [0.2, 0.25) is 0 Å². The second-order valence-electron chi connectivity index (χ2n) is 4.10. The summed E-state index contributed by atoms with van der Waals surface area (Å²) in [5.41, 5.74) is 9.84. The molecule has 0 spiro atoms.